The van der Waals surface area contributed by atoms with E-state index in [2.05, 4.69) is 0 Å². The molecule has 5 heteroatoms. The van der Waals surface area contributed by atoms with Crippen LogP contribution in [0.3, 0.4) is 0 Å². The van der Waals surface area contributed by atoms with Gasteiger partial charge in [-0.05, 0) is 18.9 Å². The van der Waals surface area contributed by atoms with Crippen molar-refractivity contribution >= 4 is 5.97 Å². The van der Waals surface area contributed by atoms with Gasteiger partial charge in [-0.2, -0.15) is 0 Å². The normalized spacial score (nSPS) is 12.0. The van der Waals surface area contributed by atoms with Crippen molar-refractivity contribution < 1.29 is 19.4 Å². The van der Waals surface area contributed by atoms with E-state index in [-0.39, 0.29) is 12.5 Å². The fourth-order valence-electron chi connectivity index (χ4n) is 1.87. The Morgan fingerprint density at radius 2 is 1.94 bits per heavy atom. The van der Waals surface area contributed by atoms with Crippen molar-refractivity contribution in [3.05, 3.63) is 23.3 Å². The average Bonchev–Trinajstić information content (AvgIpc) is 2.35. The third-order valence-electron chi connectivity index (χ3n) is 2.82. The molecule has 0 aliphatic carbocycles. The Hall–Kier alpha value is -1.75. The number of carbonyl (C=O) groups is 1. The second-order valence-electron chi connectivity index (χ2n) is 4.08. The van der Waals surface area contributed by atoms with E-state index < -0.39 is 5.97 Å². The smallest absolute Gasteiger partial charge is 0.303 e. The SMILES string of the molecule is COc1c(C)ccc(C(N)CCC(=O)O)c1OC. The predicted molar refractivity (Wildman–Crippen MR) is 68.1 cm³/mol. The number of benzene rings is 1. The first-order valence-electron chi connectivity index (χ1n) is 5.70. The average molecular weight is 253 g/mol. The minimum absolute atomic E-state index is 0.0283. The monoisotopic (exact) mass is 253 g/mol. The van der Waals surface area contributed by atoms with Crippen molar-refractivity contribution in [2.45, 2.75) is 25.8 Å². The van der Waals surface area contributed by atoms with Crippen molar-refractivity contribution in [3.63, 3.8) is 0 Å². The minimum Gasteiger partial charge on any atom is -0.493 e. The summed E-state index contributed by atoms with van der Waals surface area (Å²) in [4.78, 5) is 10.6. The topological polar surface area (TPSA) is 81.8 Å². The summed E-state index contributed by atoms with van der Waals surface area (Å²) >= 11 is 0. The molecule has 0 aliphatic heterocycles. The summed E-state index contributed by atoms with van der Waals surface area (Å²) in [6, 6.07) is 3.35. The number of carboxylic acids is 1. The quantitative estimate of drug-likeness (QED) is 0.808. The van der Waals surface area contributed by atoms with Crippen molar-refractivity contribution in [1.82, 2.24) is 0 Å². The molecule has 1 atom stereocenters. The number of nitrogens with two attached hydrogens (primary N) is 1. The molecule has 0 bridgehead atoms. The van der Waals surface area contributed by atoms with Crippen LogP contribution in [0.5, 0.6) is 11.5 Å². The highest BCUT2D eigenvalue weighted by molar-refractivity contribution is 5.66. The lowest BCUT2D eigenvalue weighted by Crippen LogP contribution is -2.14. The Labute approximate surface area is 107 Å². The van der Waals surface area contributed by atoms with Crippen molar-refractivity contribution in [2.75, 3.05) is 14.2 Å². The fraction of sp³-hybridized carbons (Fsp3) is 0.462. The molecule has 1 aromatic rings. The van der Waals surface area contributed by atoms with Crippen LogP contribution in [-0.4, -0.2) is 25.3 Å². The van der Waals surface area contributed by atoms with Crippen LogP contribution < -0.4 is 15.2 Å². The van der Waals surface area contributed by atoms with Gasteiger partial charge in [0.1, 0.15) is 0 Å². The Balaban J connectivity index is 3.04. The molecule has 0 spiro atoms. The molecule has 0 saturated heterocycles. The number of methoxy groups -OCH3 is 2. The molecule has 3 N–H and O–H groups in total. The first kappa shape index (κ1) is 14.3. The van der Waals surface area contributed by atoms with Crippen LogP contribution in [0.25, 0.3) is 0 Å². The van der Waals surface area contributed by atoms with Gasteiger partial charge in [-0.1, -0.05) is 12.1 Å². The lowest BCUT2D eigenvalue weighted by molar-refractivity contribution is -0.137. The zero-order valence-electron chi connectivity index (χ0n) is 10.9. The van der Waals surface area contributed by atoms with E-state index in [1.165, 1.54) is 0 Å². The number of aryl methyl sites for hydroxylation is 1. The number of rotatable bonds is 6. The summed E-state index contributed by atoms with van der Waals surface area (Å²) in [5.74, 6) is 0.361. The van der Waals surface area contributed by atoms with Crippen molar-refractivity contribution in [2.24, 2.45) is 5.73 Å². The first-order chi connectivity index (χ1) is 8.51. The molecule has 0 radical (unpaired) electrons. The van der Waals surface area contributed by atoms with Gasteiger partial charge in [0.05, 0.1) is 14.2 Å². The zero-order valence-corrected chi connectivity index (χ0v) is 10.9. The number of hydrogen-bond acceptors (Lipinski definition) is 4. The molecule has 0 amide bonds. The van der Waals surface area contributed by atoms with E-state index in [1.807, 2.05) is 19.1 Å². The molecule has 1 unspecified atom stereocenters. The fourth-order valence-corrected chi connectivity index (χ4v) is 1.87. The van der Waals surface area contributed by atoms with Gasteiger partial charge in [0.15, 0.2) is 11.5 Å². The second-order valence-corrected chi connectivity index (χ2v) is 4.08. The van der Waals surface area contributed by atoms with E-state index in [9.17, 15) is 4.79 Å². The van der Waals surface area contributed by atoms with Gasteiger partial charge in [0, 0.05) is 18.0 Å². The summed E-state index contributed by atoms with van der Waals surface area (Å²) in [6.07, 6.45) is 0.387. The van der Waals surface area contributed by atoms with Gasteiger partial charge in [-0.25, -0.2) is 0 Å². The van der Waals surface area contributed by atoms with E-state index in [0.29, 0.717) is 17.9 Å². The summed E-state index contributed by atoms with van der Waals surface area (Å²) in [5.41, 5.74) is 7.71. The van der Waals surface area contributed by atoms with Gasteiger partial charge in [-0.3, -0.25) is 4.79 Å². The van der Waals surface area contributed by atoms with Gasteiger partial charge >= 0.3 is 5.97 Å². The third-order valence-corrected chi connectivity index (χ3v) is 2.82. The number of hydrogen-bond donors (Lipinski definition) is 2. The van der Waals surface area contributed by atoms with Crippen molar-refractivity contribution in [3.8, 4) is 11.5 Å². The minimum atomic E-state index is -0.858. The van der Waals surface area contributed by atoms with Gasteiger partial charge in [-0.15, -0.1) is 0 Å². The summed E-state index contributed by atoms with van der Waals surface area (Å²) in [6.45, 7) is 1.91. The Morgan fingerprint density at radius 3 is 2.44 bits per heavy atom. The Kier molecular flexibility index (Phi) is 4.97. The van der Waals surface area contributed by atoms with E-state index in [4.69, 9.17) is 20.3 Å². The summed E-state index contributed by atoms with van der Waals surface area (Å²) in [5, 5.41) is 8.67. The molecular formula is C13H19NO4. The Morgan fingerprint density at radius 1 is 1.33 bits per heavy atom. The van der Waals surface area contributed by atoms with Gasteiger partial charge < -0.3 is 20.3 Å². The van der Waals surface area contributed by atoms with Gasteiger partial charge in [0.25, 0.3) is 0 Å². The predicted octanol–water partition coefficient (Wildman–Crippen LogP) is 1.88. The molecular weight excluding hydrogens is 234 g/mol. The van der Waals surface area contributed by atoms with Crippen LogP contribution in [0, 0.1) is 6.92 Å². The van der Waals surface area contributed by atoms with Crippen LogP contribution in [-0.2, 0) is 4.79 Å². The standard InChI is InChI=1S/C13H19NO4/c1-8-4-5-9(10(14)6-7-11(15)16)13(18-3)12(8)17-2/h4-5,10H,6-7,14H2,1-3H3,(H,15,16). The molecule has 100 valence electrons. The molecule has 5 nitrogen and oxygen atoms in total. The van der Waals surface area contributed by atoms with Crippen LogP contribution in [0.1, 0.15) is 30.0 Å². The molecule has 1 aromatic carbocycles. The number of carboxylic acid groups (broad SMARTS) is 1. The lowest BCUT2D eigenvalue weighted by Gasteiger charge is -2.18. The molecule has 0 saturated carbocycles. The molecule has 1 rings (SSSR count). The molecule has 0 heterocycles. The molecule has 0 fully saturated rings. The Bertz CT molecular complexity index is 431. The van der Waals surface area contributed by atoms with Crippen LogP contribution in [0.4, 0.5) is 0 Å². The van der Waals surface area contributed by atoms with Crippen LogP contribution >= 0.6 is 0 Å². The highest BCUT2D eigenvalue weighted by Crippen LogP contribution is 2.37. The zero-order chi connectivity index (χ0) is 13.7. The lowest BCUT2D eigenvalue weighted by atomic mass is 9.99. The van der Waals surface area contributed by atoms with E-state index >= 15 is 0 Å². The van der Waals surface area contributed by atoms with E-state index in [0.717, 1.165) is 11.1 Å². The summed E-state index contributed by atoms with van der Waals surface area (Å²) < 4.78 is 10.6. The summed E-state index contributed by atoms with van der Waals surface area (Å²) in [7, 11) is 3.11. The maximum Gasteiger partial charge on any atom is 0.303 e. The van der Waals surface area contributed by atoms with E-state index in [1.54, 1.807) is 14.2 Å². The highest BCUT2D eigenvalue weighted by atomic mass is 16.5. The largest absolute Gasteiger partial charge is 0.493 e. The molecule has 0 aromatic heterocycles. The van der Waals surface area contributed by atoms with Gasteiger partial charge in [0.2, 0.25) is 0 Å². The highest BCUT2D eigenvalue weighted by Gasteiger charge is 2.18. The number of ether oxygens (including phenoxy) is 2. The van der Waals surface area contributed by atoms with Crippen LogP contribution in [0.2, 0.25) is 0 Å². The number of aliphatic carboxylic acids is 1. The molecule has 0 aliphatic rings. The maximum atomic E-state index is 10.6. The first-order valence-corrected chi connectivity index (χ1v) is 5.70. The van der Waals surface area contributed by atoms with Crippen LogP contribution in [0.15, 0.2) is 12.1 Å². The second kappa shape index (κ2) is 6.26. The maximum absolute atomic E-state index is 10.6. The van der Waals surface area contributed by atoms with Crippen molar-refractivity contribution in [1.29, 1.82) is 0 Å². The third kappa shape index (κ3) is 3.13. The molecule has 18 heavy (non-hydrogen) atoms.